The Bertz CT molecular complexity index is 221. The van der Waals surface area contributed by atoms with Crippen LogP contribution in [0.3, 0.4) is 0 Å². The summed E-state index contributed by atoms with van der Waals surface area (Å²) in [7, 11) is 2.22. The quantitative estimate of drug-likeness (QED) is 0.568. The van der Waals surface area contributed by atoms with Crippen LogP contribution in [0.15, 0.2) is 0 Å². The zero-order valence-corrected chi connectivity index (χ0v) is 14.0. The average Bonchev–Trinajstić information content (AvgIpc) is 2.33. The molecule has 3 heteroatoms. The molecule has 0 bridgehead atoms. The number of unbranched alkanes of at least 4 members (excludes halogenated alkanes) is 1. The SMILES string of the molecule is CCCC(C)N(C)CCCCC(C)(CO)NC(C)C. The Hall–Kier alpha value is -0.120. The van der Waals surface area contributed by atoms with E-state index < -0.39 is 0 Å². The first kappa shape index (κ1) is 18.9. The molecule has 19 heavy (non-hydrogen) atoms. The first-order valence-corrected chi connectivity index (χ1v) is 7.93. The predicted molar refractivity (Wildman–Crippen MR) is 84.6 cm³/mol. The van der Waals surface area contributed by atoms with Crippen molar-refractivity contribution in [3.05, 3.63) is 0 Å². The molecule has 116 valence electrons. The van der Waals surface area contributed by atoms with Gasteiger partial charge in [0.15, 0.2) is 0 Å². The summed E-state index contributed by atoms with van der Waals surface area (Å²) in [5.74, 6) is 0. The molecule has 2 N–H and O–H groups in total. The van der Waals surface area contributed by atoms with Gasteiger partial charge in [0.1, 0.15) is 0 Å². The van der Waals surface area contributed by atoms with Crippen LogP contribution in [0.2, 0.25) is 0 Å². The van der Waals surface area contributed by atoms with Crippen LogP contribution in [0.1, 0.15) is 66.7 Å². The van der Waals surface area contributed by atoms with Crippen LogP contribution < -0.4 is 5.32 Å². The minimum atomic E-state index is -0.123. The van der Waals surface area contributed by atoms with Gasteiger partial charge in [-0.3, -0.25) is 0 Å². The van der Waals surface area contributed by atoms with Crippen LogP contribution in [0.5, 0.6) is 0 Å². The summed E-state index contributed by atoms with van der Waals surface area (Å²) in [6.07, 6.45) is 5.95. The molecule has 0 rings (SSSR count). The summed E-state index contributed by atoms with van der Waals surface area (Å²) < 4.78 is 0. The molecule has 0 saturated heterocycles. The van der Waals surface area contributed by atoms with E-state index in [1.54, 1.807) is 0 Å². The molecule has 0 aliphatic heterocycles. The fourth-order valence-electron chi connectivity index (χ4n) is 2.63. The molecule has 0 fully saturated rings. The molecule has 0 saturated carbocycles. The number of nitrogens with one attached hydrogen (secondary N) is 1. The molecule has 2 unspecified atom stereocenters. The topological polar surface area (TPSA) is 35.5 Å². The van der Waals surface area contributed by atoms with Crippen LogP contribution in [0.4, 0.5) is 0 Å². The number of rotatable bonds is 11. The molecule has 0 aromatic heterocycles. The third-order valence-corrected chi connectivity index (χ3v) is 3.93. The van der Waals surface area contributed by atoms with Crippen molar-refractivity contribution < 1.29 is 5.11 Å². The lowest BCUT2D eigenvalue weighted by molar-refractivity contribution is 0.151. The molecule has 0 spiro atoms. The van der Waals surface area contributed by atoms with Gasteiger partial charge in [0.05, 0.1) is 6.61 Å². The highest BCUT2D eigenvalue weighted by Gasteiger charge is 2.23. The summed E-state index contributed by atoms with van der Waals surface area (Å²) in [5, 5.41) is 13.0. The Morgan fingerprint density at radius 3 is 2.32 bits per heavy atom. The minimum Gasteiger partial charge on any atom is -0.394 e. The van der Waals surface area contributed by atoms with Crippen molar-refractivity contribution in [1.29, 1.82) is 0 Å². The minimum absolute atomic E-state index is 0.123. The van der Waals surface area contributed by atoms with E-state index >= 15 is 0 Å². The van der Waals surface area contributed by atoms with E-state index in [0.717, 1.165) is 13.0 Å². The van der Waals surface area contributed by atoms with Gasteiger partial charge in [0.2, 0.25) is 0 Å². The Balaban J connectivity index is 3.88. The third-order valence-electron chi connectivity index (χ3n) is 3.93. The van der Waals surface area contributed by atoms with Gasteiger partial charge in [0, 0.05) is 17.6 Å². The van der Waals surface area contributed by atoms with Crippen molar-refractivity contribution in [1.82, 2.24) is 10.2 Å². The average molecular weight is 272 g/mol. The van der Waals surface area contributed by atoms with Gasteiger partial charge < -0.3 is 15.3 Å². The first-order chi connectivity index (χ1) is 8.84. The van der Waals surface area contributed by atoms with E-state index in [1.807, 2.05) is 0 Å². The molecule has 0 aromatic rings. The number of hydrogen-bond acceptors (Lipinski definition) is 3. The highest BCUT2D eigenvalue weighted by molar-refractivity contribution is 4.83. The van der Waals surface area contributed by atoms with Crippen molar-refractivity contribution in [2.24, 2.45) is 0 Å². The van der Waals surface area contributed by atoms with Gasteiger partial charge in [-0.15, -0.1) is 0 Å². The van der Waals surface area contributed by atoms with Crippen molar-refractivity contribution in [3.63, 3.8) is 0 Å². The zero-order valence-electron chi connectivity index (χ0n) is 14.0. The Morgan fingerprint density at radius 1 is 1.21 bits per heavy atom. The van der Waals surface area contributed by atoms with Gasteiger partial charge >= 0.3 is 0 Å². The summed E-state index contributed by atoms with van der Waals surface area (Å²) in [4.78, 5) is 2.45. The summed E-state index contributed by atoms with van der Waals surface area (Å²) in [6.45, 7) is 12.3. The monoisotopic (exact) mass is 272 g/mol. The number of aliphatic hydroxyl groups excluding tert-OH is 1. The predicted octanol–water partition coefficient (Wildman–Crippen LogP) is 3.03. The molecular weight excluding hydrogens is 236 g/mol. The second-order valence-corrected chi connectivity index (χ2v) is 6.59. The summed E-state index contributed by atoms with van der Waals surface area (Å²) >= 11 is 0. The van der Waals surface area contributed by atoms with E-state index in [1.165, 1.54) is 25.7 Å². The van der Waals surface area contributed by atoms with Crippen LogP contribution >= 0.6 is 0 Å². The normalized spacial score (nSPS) is 16.9. The molecule has 2 atom stereocenters. The van der Waals surface area contributed by atoms with E-state index in [0.29, 0.717) is 12.1 Å². The molecule has 3 nitrogen and oxygen atoms in total. The van der Waals surface area contributed by atoms with Crippen molar-refractivity contribution in [2.75, 3.05) is 20.2 Å². The molecule has 0 amide bonds. The van der Waals surface area contributed by atoms with Gasteiger partial charge in [-0.1, -0.05) is 33.6 Å². The highest BCUT2D eigenvalue weighted by Crippen LogP contribution is 2.15. The van der Waals surface area contributed by atoms with Crippen LogP contribution in [-0.4, -0.2) is 47.8 Å². The summed E-state index contributed by atoms with van der Waals surface area (Å²) in [5.41, 5.74) is -0.123. The largest absolute Gasteiger partial charge is 0.394 e. The highest BCUT2D eigenvalue weighted by atomic mass is 16.3. The smallest absolute Gasteiger partial charge is 0.0610 e. The van der Waals surface area contributed by atoms with Crippen LogP contribution in [0.25, 0.3) is 0 Å². The lowest BCUT2D eigenvalue weighted by atomic mass is 9.94. The third kappa shape index (κ3) is 8.61. The first-order valence-electron chi connectivity index (χ1n) is 7.93. The molecule has 0 aliphatic carbocycles. The fourth-order valence-corrected chi connectivity index (χ4v) is 2.63. The molecular formula is C16H36N2O. The lowest BCUT2D eigenvalue weighted by Crippen LogP contribution is -2.49. The van der Waals surface area contributed by atoms with Gasteiger partial charge in [-0.05, 0) is 46.7 Å². The van der Waals surface area contributed by atoms with Crippen molar-refractivity contribution in [3.8, 4) is 0 Å². The second kappa shape index (κ2) is 9.73. The van der Waals surface area contributed by atoms with Gasteiger partial charge in [-0.25, -0.2) is 0 Å². The zero-order chi connectivity index (χ0) is 14.9. The lowest BCUT2D eigenvalue weighted by Gasteiger charge is -2.31. The van der Waals surface area contributed by atoms with E-state index in [2.05, 4.69) is 51.9 Å². The van der Waals surface area contributed by atoms with E-state index in [-0.39, 0.29) is 12.1 Å². The van der Waals surface area contributed by atoms with Crippen molar-refractivity contribution in [2.45, 2.75) is 84.3 Å². The standard InChI is InChI=1S/C16H36N2O/c1-7-10-15(4)18(6)12-9-8-11-16(5,13-19)17-14(2)3/h14-15,17,19H,7-13H2,1-6H3. The number of nitrogens with zero attached hydrogens (tertiary/aromatic N) is 1. The van der Waals surface area contributed by atoms with Crippen molar-refractivity contribution >= 4 is 0 Å². The maximum atomic E-state index is 9.53. The fraction of sp³-hybridized carbons (Fsp3) is 1.00. The van der Waals surface area contributed by atoms with E-state index in [9.17, 15) is 5.11 Å². The van der Waals surface area contributed by atoms with Crippen LogP contribution in [0, 0.1) is 0 Å². The summed E-state index contributed by atoms with van der Waals surface area (Å²) in [6, 6.07) is 1.10. The molecule has 0 heterocycles. The Kier molecular flexibility index (Phi) is 9.67. The maximum absolute atomic E-state index is 9.53. The second-order valence-electron chi connectivity index (χ2n) is 6.59. The molecule has 0 aromatic carbocycles. The molecule has 0 aliphatic rings. The van der Waals surface area contributed by atoms with Gasteiger partial charge in [0.25, 0.3) is 0 Å². The molecule has 0 radical (unpaired) electrons. The van der Waals surface area contributed by atoms with Crippen LogP contribution in [-0.2, 0) is 0 Å². The number of aliphatic hydroxyl groups is 1. The maximum Gasteiger partial charge on any atom is 0.0610 e. The Labute approximate surface area is 120 Å². The Morgan fingerprint density at radius 2 is 1.84 bits per heavy atom. The van der Waals surface area contributed by atoms with E-state index in [4.69, 9.17) is 0 Å². The van der Waals surface area contributed by atoms with Gasteiger partial charge in [-0.2, -0.15) is 0 Å². The number of hydrogen-bond donors (Lipinski definition) is 2.